The molecule has 0 N–H and O–H groups in total. The summed E-state index contributed by atoms with van der Waals surface area (Å²) in [5, 5.41) is 7.65. The normalized spacial score (nSPS) is 24.2. The van der Waals surface area contributed by atoms with Gasteiger partial charge in [0.1, 0.15) is 12.2 Å². The molecule has 2 saturated heterocycles. The topological polar surface area (TPSA) is 43.2 Å². The number of halogens is 3. The van der Waals surface area contributed by atoms with Crippen molar-refractivity contribution in [2.45, 2.75) is 44.4 Å². The van der Waals surface area contributed by atoms with Gasteiger partial charge in [-0.25, -0.2) is 0 Å². The molecule has 8 heteroatoms. The highest BCUT2D eigenvalue weighted by Crippen LogP contribution is 2.30. The minimum atomic E-state index is -4.26. The molecular formula is C14H21F3N4O. The fraction of sp³-hybridized carbons (Fsp3) is 0.857. The number of anilines is 1. The zero-order valence-corrected chi connectivity index (χ0v) is 12.6. The van der Waals surface area contributed by atoms with Gasteiger partial charge in [-0.3, -0.25) is 0 Å². The monoisotopic (exact) mass is 318 g/mol. The van der Waals surface area contributed by atoms with E-state index in [-0.39, 0.29) is 5.82 Å². The second kappa shape index (κ2) is 6.06. The summed E-state index contributed by atoms with van der Waals surface area (Å²) in [5.74, 6) is 1.05. The molecule has 2 aliphatic heterocycles. The van der Waals surface area contributed by atoms with Crippen LogP contribution in [0.4, 0.5) is 19.1 Å². The van der Waals surface area contributed by atoms with E-state index >= 15 is 0 Å². The molecule has 0 bridgehead atoms. The highest BCUT2D eigenvalue weighted by atomic mass is 19.4. The Balaban J connectivity index is 1.61. The Hall–Kier alpha value is -1.31. The molecule has 3 heterocycles. The number of ether oxygens (including phenoxy) is 1. The Morgan fingerprint density at radius 3 is 2.50 bits per heavy atom. The lowest BCUT2D eigenvalue weighted by Crippen LogP contribution is -2.39. The number of hydrogen-bond donors (Lipinski definition) is 0. The van der Waals surface area contributed by atoms with Crippen LogP contribution in [0.25, 0.3) is 0 Å². The lowest BCUT2D eigenvalue weighted by Gasteiger charge is -2.34. The van der Waals surface area contributed by atoms with E-state index < -0.39 is 12.6 Å². The average molecular weight is 318 g/mol. The van der Waals surface area contributed by atoms with Gasteiger partial charge >= 0.3 is 6.18 Å². The van der Waals surface area contributed by atoms with Crippen LogP contribution < -0.4 is 4.90 Å². The van der Waals surface area contributed by atoms with Gasteiger partial charge in [0.15, 0.2) is 0 Å². The molecule has 0 saturated carbocycles. The SMILES string of the molecule is Cn1c(CC(F)(F)F)nnc1N1CCC(C2CCCO2)CC1. The predicted molar refractivity (Wildman–Crippen MR) is 74.7 cm³/mol. The van der Waals surface area contributed by atoms with Crippen molar-refractivity contribution in [1.82, 2.24) is 14.8 Å². The Labute approximate surface area is 127 Å². The number of alkyl halides is 3. The summed E-state index contributed by atoms with van der Waals surface area (Å²) in [6.07, 6.45) is -0.687. The van der Waals surface area contributed by atoms with Gasteiger partial charge in [-0.2, -0.15) is 13.2 Å². The Bertz CT molecular complexity index is 503. The minimum Gasteiger partial charge on any atom is -0.378 e. The Kier molecular flexibility index (Phi) is 4.29. The highest BCUT2D eigenvalue weighted by Gasteiger charge is 2.33. The van der Waals surface area contributed by atoms with Crippen molar-refractivity contribution in [2.75, 3.05) is 24.6 Å². The summed E-state index contributed by atoms with van der Waals surface area (Å²) in [4.78, 5) is 2.03. The molecule has 1 aromatic rings. The van der Waals surface area contributed by atoms with Crippen molar-refractivity contribution in [1.29, 1.82) is 0 Å². The van der Waals surface area contributed by atoms with Gasteiger partial charge in [-0.05, 0) is 31.6 Å². The van der Waals surface area contributed by atoms with Crippen LogP contribution in [-0.2, 0) is 18.2 Å². The molecule has 1 atom stereocenters. The zero-order chi connectivity index (χ0) is 15.7. The molecule has 2 fully saturated rings. The highest BCUT2D eigenvalue weighted by molar-refractivity contribution is 5.31. The van der Waals surface area contributed by atoms with Crippen molar-refractivity contribution in [3.05, 3.63) is 5.82 Å². The lowest BCUT2D eigenvalue weighted by molar-refractivity contribution is -0.128. The first-order valence-electron chi connectivity index (χ1n) is 7.75. The van der Waals surface area contributed by atoms with E-state index in [1.54, 1.807) is 7.05 Å². The molecule has 22 heavy (non-hydrogen) atoms. The number of piperidine rings is 1. The molecule has 3 rings (SSSR count). The van der Waals surface area contributed by atoms with Crippen LogP contribution in [0.2, 0.25) is 0 Å². The predicted octanol–water partition coefficient (Wildman–Crippen LogP) is 2.32. The summed E-state index contributed by atoms with van der Waals surface area (Å²) in [7, 11) is 1.60. The third-order valence-electron chi connectivity index (χ3n) is 4.61. The Morgan fingerprint density at radius 2 is 1.91 bits per heavy atom. The van der Waals surface area contributed by atoms with Crippen molar-refractivity contribution in [3.63, 3.8) is 0 Å². The molecule has 0 amide bonds. The third kappa shape index (κ3) is 3.37. The van der Waals surface area contributed by atoms with E-state index in [1.165, 1.54) is 4.57 Å². The minimum absolute atomic E-state index is 0.0382. The third-order valence-corrected chi connectivity index (χ3v) is 4.61. The fourth-order valence-electron chi connectivity index (χ4n) is 3.41. The van der Waals surface area contributed by atoms with Gasteiger partial charge in [0, 0.05) is 26.7 Å². The lowest BCUT2D eigenvalue weighted by atomic mass is 9.90. The molecule has 0 radical (unpaired) electrons. The van der Waals surface area contributed by atoms with Crippen LogP contribution >= 0.6 is 0 Å². The van der Waals surface area contributed by atoms with E-state index in [0.717, 1.165) is 45.4 Å². The van der Waals surface area contributed by atoms with Gasteiger partial charge in [0.25, 0.3) is 0 Å². The van der Waals surface area contributed by atoms with Crippen LogP contribution in [0.3, 0.4) is 0 Å². The van der Waals surface area contributed by atoms with Gasteiger partial charge in [0.2, 0.25) is 5.95 Å². The average Bonchev–Trinajstić information content (AvgIpc) is 3.09. The summed E-state index contributed by atoms with van der Waals surface area (Å²) >= 11 is 0. The molecule has 0 spiro atoms. The zero-order valence-electron chi connectivity index (χ0n) is 12.6. The number of hydrogen-bond acceptors (Lipinski definition) is 4. The molecule has 0 aromatic carbocycles. The maximum absolute atomic E-state index is 12.5. The van der Waals surface area contributed by atoms with E-state index in [9.17, 15) is 13.2 Å². The maximum atomic E-state index is 12.5. The van der Waals surface area contributed by atoms with E-state index in [0.29, 0.717) is 18.0 Å². The van der Waals surface area contributed by atoms with Gasteiger partial charge in [-0.15, -0.1) is 10.2 Å². The summed E-state index contributed by atoms with van der Waals surface area (Å²) in [5.41, 5.74) is 0. The second-order valence-corrected chi connectivity index (χ2v) is 6.14. The first-order valence-corrected chi connectivity index (χ1v) is 7.75. The summed E-state index contributed by atoms with van der Waals surface area (Å²) in [6, 6.07) is 0. The van der Waals surface area contributed by atoms with Crippen LogP contribution in [0.15, 0.2) is 0 Å². The van der Waals surface area contributed by atoms with Crippen LogP contribution in [-0.4, -0.2) is 46.7 Å². The molecule has 124 valence electrons. The standard InChI is InChI=1S/C14H21F3N4O/c1-20-12(9-14(15,16)17)18-19-13(20)21-6-4-10(5-7-21)11-3-2-8-22-11/h10-11H,2-9H2,1H3. The van der Waals surface area contributed by atoms with E-state index in [4.69, 9.17) is 4.74 Å². The largest absolute Gasteiger partial charge is 0.396 e. The van der Waals surface area contributed by atoms with E-state index in [2.05, 4.69) is 10.2 Å². The molecular weight excluding hydrogens is 297 g/mol. The number of rotatable bonds is 3. The number of aromatic nitrogens is 3. The van der Waals surface area contributed by atoms with Gasteiger partial charge in [0.05, 0.1) is 6.10 Å². The van der Waals surface area contributed by atoms with Crippen molar-refractivity contribution in [3.8, 4) is 0 Å². The molecule has 0 aliphatic carbocycles. The molecule has 5 nitrogen and oxygen atoms in total. The summed E-state index contributed by atoms with van der Waals surface area (Å²) in [6.45, 7) is 2.44. The summed E-state index contributed by atoms with van der Waals surface area (Å²) < 4.78 is 44.7. The van der Waals surface area contributed by atoms with Crippen molar-refractivity contribution in [2.24, 2.45) is 13.0 Å². The first-order chi connectivity index (χ1) is 10.4. The van der Waals surface area contributed by atoms with Crippen LogP contribution in [0.1, 0.15) is 31.5 Å². The van der Waals surface area contributed by atoms with Gasteiger partial charge < -0.3 is 14.2 Å². The van der Waals surface area contributed by atoms with E-state index in [1.807, 2.05) is 4.90 Å². The van der Waals surface area contributed by atoms with Crippen molar-refractivity contribution < 1.29 is 17.9 Å². The number of nitrogens with zero attached hydrogens (tertiary/aromatic N) is 4. The maximum Gasteiger partial charge on any atom is 0.396 e. The second-order valence-electron chi connectivity index (χ2n) is 6.14. The molecule has 2 aliphatic rings. The first kappa shape index (κ1) is 15.6. The molecule has 1 unspecified atom stereocenters. The fourth-order valence-corrected chi connectivity index (χ4v) is 3.41. The van der Waals surface area contributed by atoms with Crippen LogP contribution in [0, 0.1) is 5.92 Å². The van der Waals surface area contributed by atoms with Crippen molar-refractivity contribution >= 4 is 5.95 Å². The molecule has 1 aromatic heterocycles. The quantitative estimate of drug-likeness (QED) is 0.858. The van der Waals surface area contributed by atoms with Crippen LogP contribution in [0.5, 0.6) is 0 Å². The van der Waals surface area contributed by atoms with Gasteiger partial charge in [-0.1, -0.05) is 0 Å². The smallest absolute Gasteiger partial charge is 0.378 e. The Morgan fingerprint density at radius 1 is 1.18 bits per heavy atom.